The first kappa shape index (κ1) is 16.5. The minimum atomic E-state index is -0.601. The second kappa shape index (κ2) is 6.75. The number of carbonyl (C=O) groups is 1. The van der Waals surface area contributed by atoms with E-state index < -0.39 is 10.8 Å². The Kier molecular flexibility index (Phi) is 4.13. The van der Waals surface area contributed by atoms with Gasteiger partial charge in [0.25, 0.3) is 11.6 Å². The Morgan fingerprint density at radius 2 is 1.89 bits per heavy atom. The third kappa shape index (κ3) is 3.40. The van der Waals surface area contributed by atoms with Crippen molar-refractivity contribution in [2.75, 3.05) is 18.5 Å². The van der Waals surface area contributed by atoms with Gasteiger partial charge in [0.1, 0.15) is 13.2 Å². The molecule has 4 rings (SSSR count). The van der Waals surface area contributed by atoms with Gasteiger partial charge in [-0.3, -0.25) is 20.2 Å². The fourth-order valence-corrected chi connectivity index (χ4v) is 2.50. The van der Waals surface area contributed by atoms with Crippen LogP contribution in [0.2, 0.25) is 0 Å². The first-order chi connectivity index (χ1) is 13.1. The molecule has 2 heterocycles. The lowest BCUT2D eigenvalue weighted by atomic mass is 10.2. The molecule has 10 heteroatoms. The van der Waals surface area contributed by atoms with Crippen molar-refractivity contribution in [1.29, 1.82) is 0 Å². The molecule has 2 aromatic carbocycles. The number of anilines is 1. The smallest absolute Gasteiger partial charge is 0.322 e. The number of nitrogens with zero attached hydrogens (tertiary/aromatic N) is 3. The van der Waals surface area contributed by atoms with Gasteiger partial charge in [-0.15, -0.1) is 5.10 Å². The molecule has 0 atom stereocenters. The molecule has 0 bridgehead atoms. The van der Waals surface area contributed by atoms with Crippen LogP contribution >= 0.6 is 0 Å². The summed E-state index contributed by atoms with van der Waals surface area (Å²) in [7, 11) is 0. The van der Waals surface area contributed by atoms with Crippen LogP contribution in [0.15, 0.2) is 46.9 Å². The van der Waals surface area contributed by atoms with Crippen LogP contribution in [0.4, 0.5) is 11.7 Å². The molecule has 27 heavy (non-hydrogen) atoms. The first-order valence-corrected chi connectivity index (χ1v) is 7.89. The molecule has 1 amide bonds. The van der Waals surface area contributed by atoms with E-state index in [0.717, 1.165) is 6.07 Å². The molecular weight excluding hydrogens is 356 g/mol. The number of fused-ring (bicyclic) bond motifs is 1. The van der Waals surface area contributed by atoms with Gasteiger partial charge in [-0.25, -0.2) is 0 Å². The topological polar surface area (TPSA) is 130 Å². The van der Waals surface area contributed by atoms with Gasteiger partial charge in [-0.05, 0) is 24.3 Å². The molecule has 10 nitrogen and oxygen atoms in total. The zero-order valence-corrected chi connectivity index (χ0v) is 13.7. The lowest BCUT2D eigenvalue weighted by Crippen LogP contribution is -2.15. The molecule has 0 unspecified atom stereocenters. The summed E-state index contributed by atoms with van der Waals surface area (Å²) in [5, 5.41) is 20.9. The molecule has 1 aliphatic rings. The van der Waals surface area contributed by atoms with Crippen LogP contribution in [0.3, 0.4) is 0 Å². The van der Waals surface area contributed by atoms with E-state index in [-0.39, 0.29) is 23.2 Å². The van der Waals surface area contributed by atoms with Gasteiger partial charge in [0.05, 0.1) is 4.92 Å². The fourth-order valence-electron chi connectivity index (χ4n) is 2.50. The third-order valence-corrected chi connectivity index (χ3v) is 3.75. The number of benzene rings is 2. The highest BCUT2D eigenvalue weighted by Gasteiger charge is 2.17. The Bertz CT molecular complexity index is 1030. The highest BCUT2D eigenvalue weighted by atomic mass is 16.6. The van der Waals surface area contributed by atoms with Gasteiger partial charge >= 0.3 is 6.01 Å². The lowest BCUT2D eigenvalue weighted by Gasteiger charge is -2.18. The number of nitrogens with one attached hydrogen (secondary N) is 1. The molecule has 1 aromatic heterocycles. The average Bonchev–Trinajstić information content (AvgIpc) is 3.16. The summed E-state index contributed by atoms with van der Waals surface area (Å²) in [5.41, 5.74) is 0.510. The van der Waals surface area contributed by atoms with Crippen molar-refractivity contribution < 1.29 is 23.6 Å². The molecule has 1 N–H and O–H groups in total. The van der Waals surface area contributed by atoms with E-state index in [4.69, 9.17) is 13.9 Å². The quantitative estimate of drug-likeness (QED) is 0.549. The molecule has 0 saturated carbocycles. The average molecular weight is 368 g/mol. The monoisotopic (exact) mass is 368 g/mol. The van der Waals surface area contributed by atoms with Gasteiger partial charge in [0.2, 0.25) is 5.89 Å². The van der Waals surface area contributed by atoms with Crippen LogP contribution in [0, 0.1) is 10.1 Å². The maximum atomic E-state index is 12.2. The summed E-state index contributed by atoms with van der Waals surface area (Å²) in [6.07, 6.45) is 0. The SMILES string of the molecule is O=C(Nc1nnc(-c2ccc3c(c2)OCCO3)o1)c1cccc([N+](=O)[O-])c1. The predicted molar refractivity (Wildman–Crippen MR) is 91.8 cm³/mol. The third-order valence-electron chi connectivity index (χ3n) is 3.75. The van der Waals surface area contributed by atoms with Crippen LogP contribution in [0.25, 0.3) is 11.5 Å². The highest BCUT2D eigenvalue weighted by Crippen LogP contribution is 2.34. The van der Waals surface area contributed by atoms with Gasteiger partial charge in [-0.2, -0.15) is 0 Å². The largest absolute Gasteiger partial charge is 0.486 e. The van der Waals surface area contributed by atoms with Crippen molar-refractivity contribution in [2.24, 2.45) is 0 Å². The van der Waals surface area contributed by atoms with Crippen LogP contribution < -0.4 is 14.8 Å². The fraction of sp³-hybridized carbons (Fsp3) is 0.118. The molecule has 0 spiro atoms. The van der Waals surface area contributed by atoms with Crippen molar-refractivity contribution in [3.8, 4) is 23.0 Å². The standard InChI is InChI=1S/C17H12N4O6/c22-15(10-2-1-3-12(8-10)21(23)24)18-17-20-19-16(27-17)11-4-5-13-14(9-11)26-7-6-25-13/h1-5,8-9H,6-7H2,(H,18,20,22). The Hall–Kier alpha value is -3.95. The molecular formula is C17H12N4O6. The summed E-state index contributed by atoms with van der Waals surface area (Å²) in [5.74, 6) is 0.778. The van der Waals surface area contributed by atoms with E-state index in [9.17, 15) is 14.9 Å². The molecule has 136 valence electrons. The molecule has 0 radical (unpaired) electrons. The Balaban J connectivity index is 1.52. The van der Waals surface area contributed by atoms with E-state index in [1.54, 1.807) is 18.2 Å². The lowest BCUT2D eigenvalue weighted by molar-refractivity contribution is -0.384. The molecule has 0 aliphatic carbocycles. The Labute approximate surface area is 151 Å². The zero-order valence-electron chi connectivity index (χ0n) is 13.7. The second-order valence-corrected chi connectivity index (χ2v) is 5.53. The molecule has 1 aliphatic heterocycles. The van der Waals surface area contributed by atoms with E-state index in [0.29, 0.717) is 30.3 Å². The normalized spacial score (nSPS) is 12.4. The van der Waals surface area contributed by atoms with Crippen LogP contribution in [-0.4, -0.2) is 34.2 Å². The summed E-state index contributed by atoms with van der Waals surface area (Å²) in [6.45, 7) is 0.936. The maximum absolute atomic E-state index is 12.2. The molecule has 3 aromatic rings. The number of amides is 1. The molecule has 0 saturated heterocycles. The van der Waals surface area contributed by atoms with Crippen LogP contribution in [0.5, 0.6) is 11.5 Å². The van der Waals surface area contributed by atoms with Crippen molar-refractivity contribution in [2.45, 2.75) is 0 Å². The number of hydrogen-bond acceptors (Lipinski definition) is 8. The first-order valence-electron chi connectivity index (χ1n) is 7.89. The Morgan fingerprint density at radius 3 is 2.70 bits per heavy atom. The van der Waals surface area contributed by atoms with Crippen LogP contribution in [0.1, 0.15) is 10.4 Å². The number of nitro benzene ring substituents is 1. The van der Waals surface area contributed by atoms with Crippen molar-refractivity contribution >= 4 is 17.6 Å². The number of rotatable bonds is 4. The zero-order chi connectivity index (χ0) is 18.8. The predicted octanol–water partition coefficient (Wildman–Crippen LogP) is 2.67. The summed E-state index contributed by atoms with van der Waals surface area (Å²) >= 11 is 0. The van der Waals surface area contributed by atoms with Crippen molar-refractivity contribution in [1.82, 2.24) is 10.2 Å². The summed E-state index contributed by atoms with van der Waals surface area (Å²) in [4.78, 5) is 22.5. The number of non-ortho nitro benzene ring substituents is 1. The minimum Gasteiger partial charge on any atom is -0.486 e. The number of hydrogen-bond donors (Lipinski definition) is 1. The summed E-state index contributed by atoms with van der Waals surface area (Å²) < 4.78 is 16.4. The maximum Gasteiger partial charge on any atom is 0.322 e. The van der Waals surface area contributed by atoms with Gasteiger partial charge in [0.15, 0.2) is 11.5 Å². The van der Waals surface area contributed by atoms with E-state index in [1.807, 2.05) is 0 Å². The van der Waals surface area contributed by atoms with E-state index in [1.165, 1.54) is 18.2 Å². The van der Waals surface area contributed by atoms with Crippen molar-refractivity contribution in [3.05, 3.63) is 58.1 Å². The van der Waals surface area contributed by atoms with Gasteiger partial charge in [-0.1, -0.05) is 11.2 Å². The number of aromatic nitrogens is 2. The van der Waals surface area contributed by atoms with E-state index in [2.05, 4.69) is 15.5 Å². The summed E-state index contributed by atoms with van der Waals surface area (Å²) in [6, 6.07) is 10.4. The number of ether oxygens (including phenoxy) is 2. The highest BCUT2D eigenvalue weighted by molar-refractivity contribution is 6.03. The van der Waals surface area contributed by atoms with Gasteiger partial charge < -0.3 is 13.9 Å². The second-order valence-electron chi connectivity index (χ2n) is 5.53. The Morgan fingerprint density at radius 1 is 1.07 bits per heavy atom. The van der Waals surface area contributed by atoms with Gasteiger partial charge in [0, 0.05) is 23.3 Å². The van der Waals surface area contributed by atoms with Crippen LogP contribution in [-0.2, 0) is 0 Å². The number of nitro groups is 1. The number of carbonyl (C=O) groups excluding carboxylic acids is 1. The minimum absolute atomic E-state index is 0.100. The van der Waals surface area contributed by atoms with E-state index >= 15 is 0 Å². The van der Waals surface area contributed by atoms with Crippen molar-refractivity contribution in [3.63, 3.8) is 0 Å². The molecule has 0 fully saturated rings.